The van der Waals surface area contributed by atoms with Crippen LogP contribution in [0.2, 0.25) is 0 Å². The van der Waals surface area contributed by atoms with Gasteiger partial charge in [0, 0.05) is 5.92 Å². The van der Waals surface area contributed by atoms with Gasteiger partial charge < -0.3 is 5.73 Å². The smallest absolute Gasteiger partial charge is 0.220 e. The Kier molecular flexibility index (Phi) is 5.97. The summed E-state index contributed by atoms with van der Waals surface area (Å²) in [6.07, 6.45) is 1.57. The summed E-state index contributed by atoms with van der Waals surface area (Å²) in [5.41, 5.74) is 6.43. The molecular formula is C11H16ClNO. The second kappa shape index (κ2) is 6.44. The van der Waals surface area contributed by atoms with Crippen LogP contribution in [0.4, 0.5) is 0 Å². The molecule has 0 aromatic heterocycles. The highest BCUT2D eigenvalue weighted by Crippen LogP contribution is 2.11. The molecule has 0 saturated carbocycles. The fraction of sp³-hybridized carbons (Fsp3) is 0.364. The average molecular weight is 214 g/mol. The van der Waals surface area contributed by atoms with Gasteiger partial charge in [0.1, 0.15) is 0 Å². The molecular weight excluding hydrogens is 198 g/mol. The predicted octanol–water partition coefficient (Wildman–Crippen LogP) is 2.16. The van der Waals surface area contributed by atoms with E-state index in [1.54, 1.807) is 0 Å². The maximum atomic E-state index is 11.0. The predicted molar refractivity (Wildman–Crippen MR) is 60.4 cm³/mol. The van der Waals surface area contributed by atoms with Gasteiger partial charge in [-0.05, 0) is 18.4 Å². The van der Waals surface area contributed by atoms with Crippen LogP contribution in [0.1, 0.15) is 18.9 Å². The summed E-state index contributed by atoms with van der Waals surface area (Å²) in [5.74, 6) is -0.228. The Morgan fingerprint density at radius 2 is 1.93 bits per heavy atom. The minimum Gasteiger partial charge on any atom is -0.369 e. The van der Waals surface area contributed by atoms with Crippen molar-refractivity contribution in [2.45, 2.75) is 19.8 Å². The molecule has 0 fully saturated rings. The minimum atomic E-state index is -0.202. The molecule has 1 aromatic carbocycles. The Morgan fingerprint density at radius 3 is 2.36 bits per heavy atom. The molecule has 0 aliphatic carbocycles. The third-order valence-corrected chi connectivity index (χ3v) is 2.22. The lowest BCUT2D eigenvalue weighted by Crippen LogP contribution is -2.24. The highest BCUT2D eigenvalue weighted by Gasteiger charge is 2.12. The Labute approximate surface area is 90.9 Å². The quantitative estimate of drug-likeness (QED) is 0.819. The first-order chi connectivity index (χ1) is 6.24. The van der Waals surface area contributed by atoms with Gasteiger partial charge in [0.15, 0.2) is 0 Å². The number of carbonyl (C=O) groups excluding carboxylic acids is 1. The third kappa shape index (κ3) is 3.79. The van der Waals surface area contributed by atoms with Gasteiger partial charge in [0.2, 0.25) is 5.91 Å². The summed E-state index contributed by atoms with van der Waals surface area (Å²) in [7, 11) is 0. The summed E-state index contributed by atoms with van der Waals surface area (Å²) in [5, 5.41) is 0. The maximum absolute atomic E-state index is 11.0. The van der Waals surface area contributed by atoms with Crippen LogP contribution in [-0.2, 0) is 11.2 Å². The molecule has 1 rings (SSSR count). The van der Waals surface area contributed by atoms with E-state index in [2.05, 4.69) is 0 Å². The molecule has 0 aliphatic rings. The topological polar surface area (TPSA) is 43.1 Å². The van der Waals surface area contributed by atoms with E-state index in [-0.39, 0.29) is 24.2 Å². The average Bonchev–Trinajstić information content (AvgIpc) is 2.15. The molecule has 1 atom stereocenters. The lowest BCUT2D eigenvalue weighted by molar-refractivity contribution is -0.121. The van der Waals surface area contributed by atoms with Crippen molar-refractivity contribution in [3.05, 3.63) is 35.9 Å². The van der Waals surface area contributed by atoms with E-state index in [0.29, 0.717) is 0 Å². The van der Waals surface area contributed by atoms with Crippen LogP contribution in [0.25, 0.3) is 0 Å². The minimum absolute atomic E-state index is 0. The van der Waals surface area contributed by atoms with Crippen molar-refractivity contribution in [1.82, 2.24) is 0 Å². The lowest BCUT2D eigenvalue weighted by atomic mass is 9.96. The largest absolute Gasteiger partial charge is 0.369 e. The van der Waals surface area contributed by atoms with Crippen molar-refractivity contribution in [2.75, 3.05) is 0 Å². The number of amides is 1. The fourth-order valence-corrected chi connectivity index (χ4v) is 1.34. The number of primary amides is 1. The highest BCUT2D eigenvalue weighted by atomic mass is 35.5. The van der Waals surface area contributed by atoms with Crippen LogP contribution in [0, 0.1) is 5.92 Å². The molecule has 78 valence electrons. The van der Waals surface area contributed by atoms with E-state index in [1.807, 2.05) is 37.3 Å². The zero-order chi connectivity index (χ0) is 9.68. The van der Waals surface area contributed by atoms with Crippen molar-refractivity contribution in [2.24, 2.45) is 11.7 Å². The number of nitrogens with two attached hydrogens (primary N) is 1. The van der Waals surface area contributed by atoms with Crippen LogP contribution >= 0.6 is 12.4 Å². The Balaban J connectivity index is 0.00000169. The van der Waals surface area contributed by atoms with Crippen LogP contribution in [0.5, 0.6) is 0 Å². The Bertz CT molecular complexity index is 274. The standard InChI is InChI=1S/C11H15NO.ClH/c1-2-10(11(12)13)8-9-6-4-3-5-7-9;/h3-7,10H,2,8H2,1H3,(H2,12,13);1H. The van der Waals surface area contributed by atoms with Crippen LogP contribution in [0.3, 0.4) is 0 Å². The van der Waals surface area contributed by atoms with Gasteiger partial charge in [-0.25, -0.2) is 0 Å². The van der Waals surface area contributed by atoms with Gasteiger partial charge in [-0.3, -0.25) is 4.79 Å². The molecule has 1 unspecified atom stereocenters. The van der Waals surface area contributed by atoms with E-state index in [0.717, 1.165) is 12.8 Å². The van der Waals surface area contributed by atoms with E-state index in [9.17, 15) is 4.79 Å². The molecule has 0 spiro atoms. The van der Waals surface area contributed by atoms with Gasteiger partial charge in [0.25, 0.3) is 0 Å². The zero-order valence-corrected chi connectivity index (χ0v) is 9.09. The molecule has 3 heteroatoms. The third-order valence-electron chi connectivity index (χ3n) is 2.22. The van der Waals surface area contributed by atoms with Crippen molar-refractivity contribution in [1.29, 1.82) is 0 Å². The van der Waals surface area contributed by atoms with Gasteiger partial charge in [-0.1, -0.05) is 37.3 Å². The summed E-state index contributed by atoms with van der Waals surface area (Å²) in [6.45, 7) is 1.98. The van der Waals surface area contributed by atoms with Crippen molar-refractivity contribution in [3.63, 3.8) is 0 Å². The van der Waals surface area contributed by atoms with Gasteiger partial charge in [-0.2, -0.15) is 0 Å². The van der Waals surface area contributed by atoms with Crippen molar-refractivity contribution in [3.8, 4) is 0 Å². The molecule has 2 nitrogen and oxygen atoms in total. The monoisotopic (exact) mass is 213 g/mol. The molecule has 0 aliphatic heterocycles. The van der Waals surface area contributed by atoms with Gasteiger partial charge in [-0.15, -0.1) is 12.4 Å². The van der Waals surface area contributed by atoms with Gasteiger partial charge in [0.05, 0.1) is 0 Å². The normalized spacial score (nSPS) is 11.5. The van der Waals surface area contributed by atoms with Crippen LogP contribution in [0.15, 0.2) is 30.3 Å². The number of halogens is 1. The number of benzene rings is 1. The van der Waals surface area contributed by atoms with Crippen LogP contribution < -0.4 is 5.73 Å². The lowest BCUT2D eigenvalue weighted by Gasteiger charge is -2.09. The maximum Gasteiger partial charge on any atom is 0.220 e. The number of hydrogen-bond acceptors (Lipinski definition) is 1. The molecule has 0 saturated heterocycles. The summed E-state index contributed by atoms with van der Waals surface area (Å²) in [6, 6.07) is 9.96. The van der Waals surface area contributed by atoms with Crippen molar-refractivity contribution >= 4 is 18.3 Å². The first kappa shape index (κ1) is 13.0. The first-order valence-electron chi connectivity index (χ1n) is 4.57. The fourth-order valence-electron chi connectivity index (χ4n) is 1.34. The first-order valence-corrected chi connectivity index (χ1v) is 4.57. The van der Waals surface area contributed by atoms with E-state index < -0.39 is 0 Å². The van der Waals surface area contributed by atoms with Crippen molar-refractivity contribution < 1.29 is 4.79 Å². The second-order valence-electron chi connectivity index (χ2n) is 3.20. The molecule has 2 N–H and O–H groups in total. The summed E-state index contributed by atoms with van der Waals surface area (Å²) in [4.78, 5) is 11.0. The van der Waals surface area contributed by atoms with E-state index >= 15 is 0 Å². The zero-order valence-electron chi connectivity index (χ0n) is 8.27. The van der Waals surface area contributed by atoms with Gasteiger partial charge >= 0.3 is 0 Å². The summed E-state index contributed by atoms with van der Waals surface area (Å²) >= 11 is 0. The Hall–Kier alpha value is -1.02. The molecule has 1 amide bonds. The second-order valence-corrected chi connectivity index (χ2v) is 3.20. The molecule has 0 bridgehead atoms. The molecule has 1 aromatic rings. The van der Waals surface area contributed by atoms with E-state index in [4.69, 9.17) is 5.73 Å². The number of carbonyl (C=O) groups is 1. The summed E-state index contributed by atoms with van der Waals surface area (Å²) < 4.78 is 0. The SMILES string of the molecule is CCC(Cc1ccccc1)C(N)=O.Cl. The molecule has 0 radical (unpaired) electrons. The highest BCUT2D eigenvalue weighted by molar-refractivity contribution is 5.85. The number of hydrogen-bond donors (Lipinski definition) is 1. The molecule has 0 heterocycles. The van der Waals surface area contributed by atoms with E-state index in [1.165, 1.54) is 5.56 Å². The molecule has 14 heavy (non-hydrogen) atoms. The Morgan fingerprint density at radius 1 is 1.36 bits per heavy atom. The van der Waals surface area contributed by atoms with Crippen LogP contribution in [-0.4, -0.2) is 5.91 Å². The number of rotatable bonds is 4.